The number of carbonyl (C=O) groups excluding carboxylic acids is 3. The van der Waals surface area contributed by atoms with Gasteiger partial charge in [0.05, 0.1) is 12.4 Å². The van der Waals surface area contributed by atoms with Gasteiger partial charge in [0.15, 0.2) is 0 Å². The molecule has 1 fully saturated rings. The molecule has 0 radical (unpaired) electrons. The van der Waals surface area contributed by atoms with E-state index in [1.165, 1.54) is 16.7 Å². The summed E-state index contributed by atoms with van der Waals surface area (Å²) in [7, 11) is 0. The molecule has 2 N–H and O–H groups in total. The molecule has 0 saturated carbocycles. The van der Waals surface area contributed by atoms with Crippen LogP contribution in [0.1, 0.15) is 19.8 Å². The zero-order valence-electron chi connectivity index (χ0n) is 10.4. The number of thioether (sulfide) groups is 1. The summed E-state index contributed by atoms with van der Waals surface area (Å²) >= 11 is 1.24. The average molecular weight is 274 g/mol. The highest BCUT2D eigenvalue weighted by Gasteiger charge is 2.26. The van der Waals surface area contributed by atoms with Gasteiger partial charge >= 0.3 is 5.97 Å². The van der Waals surface area contributed by atoms with Gasteiger partial charge in [0, 0.05) is 18.7 Å². The molecule has 2 amide bonds. The van der Waals surface area contributed by atoms with Crippen LogP contribution < -0.4 is 5.73 Å². The molecule has 1 aliphatic heterocycles. The van der Waals surface area contributed by atoms with E-state index in [0.717, 1.165) is 6.42 Å². The predicted molar refractivity (Wildman–Crippen MR) is 67.9 cm³/mol. The van der Waals surface area contributed by atoms with E-state index in [9.17, 15) is 14.4 Å². The lowest BCUT2D eigenvalue weighted by atomic mass is 10.4. The minimum Gasteiger partial charge on any atom is -0.465 e. The minimum absolute atomic E-state index is 0.115. The Labute approximate surface area is 110 Å². The van der Waals surface area contributed by atoms with Crippen LogP contribution in [0.2, 0.25) is 0 Å². The molecule has 18 heavy (non-hydrogen) atoms. The van der Waals surface area contributed by atoms with Gasteiger partial charge in [0.25, 0.3) is 0 Å². The first-order chi connectivity index (χ1) is 8.56. The Morgan fingerprint density at radius 3 is 2.83 bits per heavy atom. The van der Waals surface area contributed by atoms with Crippen molar-refractivity contribution in [3.63, 3.8) is 0 Å². The zero-order chi connectivity index (χ0) is 13.5. The van der Waals surface area contributed by atoms with E-state index in [4.69, 9.17) is 10.5 Å². The summed E-state index contributed by atoms with van der Waals surface area (Å²) in [4.78, 5) is 35.4. The number of nitrogens with two attached hydrogens (primary N) is 1. The van der Waals surface area contributed by atoms with Crippen LogP contribution in [0.15, 0.2) is 0 Å². The molecule has 0 aromatic rings. The van der Waals surface area contributed by atoms with Gasteiger partial charge in [-0.1, -0.05) is 0 Å². The first kappa shape index (κ1) is 15.0. The second kappa shape index (κ2) is 7.38. The van der Waals surface area contributed by atoms with Gasteiger partial charge in [-0.15, -0.1) is 11.8 Å². The van der Waals surface area contributed by atoms with Crippen LogP contribution in [0, 0.1) is 0 Å². The van der Waals surface area contributed by atoms with Crippen molar-refractivity contribution in [1.82, 2.24) is 4.90 Å². The van der Waals surface area contributed by atoms with Gasteiger partial charge in [0.1, 0.15) is 6.04 Å². The molecule has 1 unspecified atom stereocenters. The van der Waals surface area contributed by atoms with Crippen molar-refractivity contribution in [1.29, 1.82) is 0 Å². The van der Waals surface area contributed by atoms with Crippen molar-refractivity contribution in [2.75, 3.05) is 24.7 Å². The first-order valence-corrected chi connectivity index (χ1v) is 7.05. The van der Waals surface area contributed by atoms with E-state index >= 15 is 0 Å². The molecule has 0 bridgehead atoms. The number of esters is 1. The largest absolute Gasteiger partial charge is 0.465 e. The Morgan fingerprint density at radius 2 is 2.28 bits per heavy atom. The topological polar surface area (TPSA) is 89.7 Å². The van der Waals surface area contributed by atoms with E-state index in [2.05, 4.69) is 0 Å². The molecule has 0 aromatic heterocycles. The van der Waals surface area contributed by atoms with Gasteiger partial charge in [-0.2, -0.15) is 0 Å². The first-order valence-electron chi connectivity index (χ1n) is 5.89. The fourth-order valence-electron chi connectivity index (χ4n) is 1.58. The molecule has 102 valence electrons. The van der Waals surface area contributed by atoms with E-state index in [-0.39, 0.29) is 17.6 Å². The minimum atomic E-state index is -0.725. The Kier molecular flexibility index (Phi) is 6.14. The standard InChI is InChI=1S/C11H18N2O4S/c1-2-17-11(16)8(12)6-18-7-10(15)13-5-3-4-9(13)14/h8H,2-7,12H2,1H3. The molecule has 0 aromatic carbocycles. The maximum Gasteiger partial charge on any atom is 0.323 e. The van der Waals surface area contributed by atoms with Crippen LogP contribution in [0.3, 0.4) is 0 Å². The van der Waals surface area contributed by atoms with Gasteiger partial charge in [-0.3, -0.25) is 19.3 Å². The number of nitrogens with zero attached hydrogens (tertiary/aromatic N) is 1. The van der Waals surface area contributed by atoms with Crippen molar-refractivity contribution in [3.8, 4) is 0 Å². The maximum absolute atomic E-state index is 11.7. The van der Waals surface area contributed by atoms with Crippen LogP contribution in [-0.4, -0.2) is 53.4 Å². The molecule has 6 nitrogen and oxygen atoms in total. The second-order valence-electron chi connectivity index (χ2n) is 3.92. The Hall–Kier alpha value is -1.08. The highest BCUT2D eigenvalue weighted by atomic mass is 32.2. The van der Waals surface area contributed by atoms with Crippen molar-refractivity contribution >= 4 is 29.5 Å². The molecule has 7 heteroatoms. The summed E-state index contributed by atoms with van der Waals surface area (Å²) in [5, 5.41) is 0. The van der Waals surface area contributed by atoms with Crippen LogP contribution in [0.4, 0.5) is 0 Å². The Balaban J connectivity index is 2.23. The number of hydrogen-bond donors (Lipinski definition) is 1. The molecule has 1 atom stereocenters. The third-order valence-corrected chi connectivity index (χ3v) is 3.53. The summed E-state index contributed by atoms with van der Waals surface area (Å²) in [5.74, 6) is -0.311. The predicted octanol–water partition coefficient (Wildman–Crippen LogP) is -0.241. The lowest BCUT2D eigenvalue weighted by molar-refractivity contribution is -0.144. The molecule has 1 rings (SSSR count). The summed E-state index contributed by atoms with van der Waals surface area (Å²) in [6.45, 7) is 2.50. The third kappa shape index (κ3) is 4.30. The van der Waals surface area contributed by atoms with E-state index in [1.54, 1.807) is 6.92 Å². The Morgan fingerprint density at radius 1 is 1.56 bits per heavy atom. The quantitative estimate of drug-likeness (QED) is 0.672. The summed E-state index contributed by atoms with van der Waals surface area (Å²) in [6, 6.07) is -0.725. The number of hydrogen-bond acceptors (Lipinski definition) is 6. The van der Waals surface area contributed by atoms with Crippen molar-refractivity contribution in [2.45, 2.75) is 25.8 Å². The molecular formula is C11H18N2O4S. The summed E-state index contributed by atoms with van der Waals surface area (Å²) in [5.41, 5.74) is 5.58. The smallest absolute Gasteiger partial charge is 0.323 e. The summed E-state index contributed by atoms with van der Waals surface area (Å²) in [6.07, 6.45) is 1.18. The second-order valence-corrected chi connectivity index (χ2v) is 4.95. The average Bonchev–Trinajstić information content (AvgIpc) is 2.75. The zero-order valence-corrected chi connectivity index (χ0v) is 11.2. The van der Waals surface area contributed by atoms with Crippen LogP contribution in [-0.2, 0) is 19.1 Å². The number of likely N-dealkylation sites (tertiary alicyclic amines) is 1. The number of carbonyl (C=O) groups is 3. The fourth-order valence-corrected chi connectivity index (χ4v) is 2.42. The van der Waals surface area contributed by atoms with Crippen molar-refractivity contribution in [2.24, 2.45) is 5.73 Å². The lowest BCUT2D eigenvalue weighted by Gasteiger charge is -2.14. The van der Waals surface area contributed by atoms with E-state index in [1.807, 2.05) is 0 Å². The van der Waals surface area contributed by atoms with Gasteiger partial charge < -0.3 is 10.5 Å². The molecular weight excluding hydrogens is 256 g/mol. The summed E-state index contributed by atoms with van der Waals surface area (Å²) < 4.78 is 4.75. The van der Waals surface area contributed by atoms with Crippen molar-refractivity contribution in [3.05, 3.63) is 0 Å². The highest BCUT2D eigenvalue weighted by molar-refractivity contribution is 8.00. The SMILES string of the molecule is CCOC(=O)C(N)CSCC(=O)N1CCCC1=O. The molecule has 0 spiro atoms. The third-order valence-electron chi connectivity index (χ3n) is 2.49. The number of imide groups is 1. The number of rotatable bonds is 6. The molecule has 1 saturated heterocycles. The number of ether oxygens (including phenoxy) is 1. The number of amides is 2. The molecule has 0 aliphatic carbocycles. The normalized spacial score (nSPS) is 16.8. The Bertz CT molecular complexity index is 335. The van der Waals surface area contributed by atoms with Gasteiger partial charge in [-0.05, 0) is 13.3 Å². The maximum atomic E-state index is 11.7. The van der Waals surface area contributed by atoms with Gasteiger partial charge in [0.2, 0.25) is 11.8 Å². The fraction of sp³-hybridized carbons (Fsp3) is 0.727. The lowest BCUT2D eigenvalue weighted by Crippen LogP contribution is -2.36. The van der Waals surface area contributed by atoms with E-state index < -0.39 is 12.0 Å². The van der Waals surface area contributed by atoms with Crippen LogP contribution >= 0.6 is 11.8 Å². The molecule has 1 heterocycles. The molecule has 1 aliphatic rings. The monoisotopic (exact) mass is 274 g/mol. The van der Waals surface area contributed by atoms with Crippen molar-refractivity contribution < 1.29 is 19.1 Å². The highest BCUT2D eigenvalue weighted by Crippen LogP contribution is 2.12. The van der Waals surface area contributed by atoms with Crippen LogP contribution in [0.5, 0.6) is 0 Å². The van der Waals surface area contributed by atoms with Gasteiger partial charge in [-0.25, -0.2) is 0 Å². The van der Waals surface area contributed by atoms with E-state index in [0.29, 0.717) is 25.3 Å². The van der Waals surface area contributed by atoms with Crippen LogP contribution in [0.25, 0.3) is 0 Å².